The first-order valence-electron chi connectivity index (χ1n) is 5.15. The molecule has 0 saturated carbocycles. The third-order valence-electron chi connectivity index (χ3n) is 2.20. The van der Waals surface area contributed by atoms with Crippen molar-refractivity contribution >= 4 is 11.6 Å². The molecule has 0 fully saturated rings. The number of alkyl halides is 3. The molecule has 18 heavy (non-hydrogen) atoms. The summed E-state index contributed by atoms with van der Waals surface area (Å²) in [5.74, 6) is -0.932. The average molecular weight is 262 g/mol. The number of benzene rings is 1. The van der Waals surface area contributed by atoms with E-state index in [1.54, 1.807) is 0 Å². The van der Waals surface area contributed by atoms with Gasteiger partial charge in [0.15, 0.2) is 0 Å². The Bertz CT molecular complexity index is 446. The molecule has 0 aliphatic carbocycles. The fourth-order valence-electron chi connectivity index (χ4n) is 1.44. The first-order chi connectivity index (χ1) is 8.19. The standard InChI is InChI=1S/C11H13F3N2O2/c1-6(5-11(12,13)14)16-10(18)8-4-7(17)2-3-9(8)15/h2-4,6,17H,5,15H2,1H3,(H,16,18). The van der Waals surface area contributed by atoms with Crippen LogP contribution in [-0.4, -0.2) is 23.2 Å². The van der Waals surface area contributed by atoms with Crippen molar-refractivity contribution in [2.75, 3.05) is 5.73 Å². The molecular weight excluding hydrogens is 249 g/mol. The summed E-state index contributed by atoms with van der Waals surface area (Å²) in [4.78, 5) is 11.6. The Hall–Kier alpha value is -1.92. The third kappa shape index (κ3) is 4.15. The van der Waals surface area contributed by atoms with E-state index in [9.17, 15) is 23.1 Å². The van der Waals surface area contributed by atoms with E-state index in [0.29, 0.717) is 0 Å². The Morgan fingerprint density at radius 2 is 2.11 bits per heavy atom. The van der Waals surface area contributed by atoms with Crippen LogP contribution >= 0.6 is 0 Å². The van der Waals surface area contributed by atoms with Crippen LogP contribution in [0.15, 0.2) is 18.2 Å². The number of aromatic hydroxyl groups is 1. The first kappa shape index (κ1) is 14.1. The van der Waals surface area contributed by atoms with Crippen LogP contribution in [0.4, 0.5) is 18.9 Å². The van der Waals surface area contributed by atoms with E-state index in [-0.39, 0.29) is 17.0 Å². The molecule has 0 aliphatic heterocycles. The van der Waals surface area contributed by atoms with Crippen LogP contribution in [0.25, 0.3) is 0 Å². The van der Waals surface area contributed by atoms with Gasteiger partial charge in [0.1, 0.15) is 5.75 Å². The monoisotopic (exact) mass is 262 g/mol. The molecule has 7 heteroatoms. The summed E-state index contributed by atoms with van der Waals surface area (Å²) in [6, 6.07) is 2.62. The minimum atomic E-state index is -4.35. The molecule has 4 nitrogen and oxygen atoms in total. The quantitative estimate of drug-likeness (QED) is 0.576. The van der Waals surface area contributed by atoms with Gasteiger partial charge in [-0.25, -0.2) is 0 Å². The van der Waals surface area contributed by atoms with E-state index in [0.717, 1.165) is 6.07 Å². The molecule has 0 heterocycles. The number of anilines is 1. The summed E-state index contributed by atoms with van der Waals surface area (Å²) in [6.45, 7) is 1.24. The summed E-state index contributed by atoms with van der Waals surface area (Å²) in [6.07, 6.45) is -5.48. The number of carbonyl (C=O) groups is 1. The normalized spacial score (nSPS) is 13.1. The highest BCUT2D eigenvalue weighted by Crippen LogP contribution is 2.22. The Labute approximate surface area is 102 Å². The largest absolute Gasteiger partial charge is 0.508 e. The van der Waals surface area contributed by atoms with Crippen LogP contribution in [0.3, 0.4) is 0 Å². The number of nitrogen functional groups attached to an aromatic ring is 1. The second-order valence-corrected chi connectivity index (χ2v) is 3.97. The second kappa shape index (κ2) is 5.16. The molecule has 1 rings (SSSR count). The minimum absolute atomic E-state index is 0.0518. The van der Waals surface area contributed by atoms with Crippen molar-refractivity contribution in [3.63, 3.8) is 0 Å². The van der Waals surface area contributed by atoms with Gasteiger partial charge in [-0.05, 0) is 25.1 Å². The maximum atomic E-state index is 12.1. The summed E-state index contributed by atoms with van der Waals surface area (Å²) < 4.78 is 36.3. The number of phenols is 1. The number of nitrogens with one attached hydrogen (secondary N) is 1. The molecular formula is C11H13F3N2O2. The van der Waals surface area contributed by atoms with E-state index in [2.05, 4.69) is 5.32 Å². The molecule has 1 aromatic rings. The lowest BCUT2D eigenvalue weighted by Crippen LogP contribution is -2.36. The van der Waals surface area contributed by atoms with E-state index >= 15 is 0 Å². The molecule has 4 N–H and O–H groups in total. The third-order valence-corrected chi connectivity index (χ3v) is 2.20. The van der Waals surface area contributed by atoms with Crippen molar-refractivity contribution in [2.24, 2.45) is 0 Å². The van der Waals surface area contributed by atoms with Gasteiger partial charge in [0.2, 0.25) is 0 Å². The minimum Gasteiger partial charge on any atom is -0.508 e. The SMILES string of the molecule is CC(CC(F)(F)F)NC(=O)c1cc(O)ccc1N. The van der Waals surface area contributed by atoms with Gasteiger partial charge in [-0.1, -0.05) is 0 Å². The lowest BCUT2D eigenvalue weighted by atomic mass is 10.1. The van der Waals surface area contributed by atoms with Crippen LogP contribution in [-0.2, 0) is 0 Å². The molecule has 0 bridgehead atoms. The Morgan fingerprint density at radius 1 is 1.50 bits per heavy atom. The number of rotatable bonds is 3. The molecule has 1 aromatic carbocycles. The Kier molecular flexibility index (Phi) is 4.05. The summed E-state index contributed by atoms with van der Waals surface area (Å²) in [7, 11) is 0. The van der Waals surface area contributed by atoms with Gasteiger partial charge < -0.3 is 16.2 Å². The molecule has 0 aromatic heterocycles. The number of carbonyl (C=O) groups excluding carboxylic acids is 1. The van der Waals surface area contributed by atoms with E-state index < -0.39 is 24.5 Å². The van der Waals surface area contributed by atoms with Crippen molar-refractivity contribution in [1.29, 1.82) is 0 Å². The molecule has 100 valence electrons. The molecule has 1 amide bonds. The maximum absolute atomic E-state index is 12.1. The van der Waals surface area contributed by atoms with Crippen molar-refractivity contribution in [3.8, 4) is 5.75 Å². The molecule has 1 atom stereocenters. The van der Waals surface area contributed by atoms with E-state index in [4.69, 9.17) is 5.73 Å². The van der Waals surface area contributed by atoms with Crippen LogP contribution in [0.1, 0.15) is 23.7 Å². The van der Waals surface area contributed by atoms with Gasteiger partial charge in [0, 0.05) is 11.7 Å². The highest BCUT2D eigenvalue weighted by molar-refractivity contribution is 5.99. The van der Waals surface area contributed by atoms with Gasteiger partial charge in [-0.15, -0.1) is 0 Å². The topological polar surface area (TPSA) is 75.3 Å². The molecule has 0 radical (unpaired) electrons. The summed E-state index contributed by atoms with van der Waals surface area (Å²) in [5, 5.41) is 11.4. The number of hydrogen-bond donors (Lipinski definition) is 3. The fraction of sp³-hybridized carbons (Fsp3) is 0.364. The van der Waals surface area contributed by atoms with Crippen LogP contribution in [0.5, 0.6) is 5.75 Å². The fourth-order valence-corrected chi connectivity index (χ4v) is 1.44. The van der Waals surface area contributed by atoms with Gasteiger partial charge in [0.05, 0.1) is 12.0 Å². The molecule has 0 saturated heterocycles. The van der Waals surface area contributed by atoms with Gasteiger partial charge in [-0.3, -0.25) is 4.79 Å². The lowest BCUT2D eigenvalue weighted by Gasteiger charge is -2.16. The zero-order chi connectivity index (χ0) is 13.9. The molecule has 0 spiro atoms. The smallest absolute Gasteiger partial charge is 0.391 e. The van der Waals surface area contributed by atoms with Crippen LogP contribution in [0, 0.1) is 0 Å². The number of amides is 1. The van der Waals surface area contributed by atoms with Gasteiger partial charge >= 0.3 is 6.18 Å². The van der Waals surface area contributed by atoms with Crippen molar-refractivity contribution in [2.45, 2.75) is 25.6 Å². The number of nitrogens with two attached hydrogens (primary N) is 1. The van der Waals surface area contributed by atoms with Gasteiger partial charge in [-0.2, -0.15) is 13.2 Å². The second-order valence-electron chi connectivity index (χ2n) is 3.97. The predicted octanol–water partition coefficient (Wildman–Crippen LogP) is 2.05. The van der Waals surface area contributed by atoms with E-state index in [1.165, 1.54) is 19.1 Å². The highest BCUT2D eigenvalue weighted by atomic mass is 19.4. The summed E-state index contributed by atoms with van der Waals surface area (Å²) in [5.41, 5.74) is 5.53. The van der Waals surface area contributed by atoms with Crippen molar-refractivity contribution in [3.05, 3.63) is 23.8 Å². The van der Waals surface area contributed by atoms with Crippen LogP contribution < -0.4 is 11.1 Å². The Morgan fingerprint density at radius 3 is 2.67 bits per heavy atom. The lowest BCUT2D eigenvalue weighted by molar-refractivity contribution is -0.138. The molecule has 0 aliphatic rings. The average Bonchev–Trinajstić information content (AvgIpc) is 2.18. The zero-order valence-electron chi connectivity index (χ0n) is 9.58. The molecule has 1 unspecified atom stereocenters. The summed E-state index contributed by atoms with van der Waals surface area (Å²) >= 11 is 0. The highest BCUT2D eigenvalue weighted by Gasteiger charge is 2.30. The Balaban J connectivity index is 2.74. The number of phenolic OH excluding ortho intramolecular Hbond substituents is 1. The van der Waals surface area contributed by atoms with E-state index in [1.807, 2.05) is 0 Å². The van der Waals surface area contributed by atoms with Crippen molar-refractivity contribution < 1.29 is 23.1 Å². The van der Waals surface area contributed by atoms with Gasteiger partial charge in [0.25, 0.3) is 5.91 Å². The predicted molar refractivity (Wildman–Crippen MR) is 60.1 cm³/mol. The van der Waals surface area contributed by atoms with Crippen molar-refractivity contribution in [1.82, 2.24) is 5.32 Å². The zero-order valence-corrected chi connectivity index (χ0v) is 9.58. The number of halogens is 3. The first-order valence-corrected chi connectivity index (χ1v) is 5.15. The number of hydrogen-bond acceptors (Lipinski definition) is 3. The van der Waals surface area contributed by atoms with Crippen LogP contribution in [0.2, 0.25) is 0 Å². The maximum Gasteiger partial charge on any atom is 0.391 e.